The molecular formula is C23H20N6O2. The zero-order valence-electron chi connectivity index (χ0n) is 17.0. The molecule has 1 aliphatic heterocycles. The van der Waals surface area contributed by atoms with E-state index in [-0.39, 0.29) is 12.1 Å². The van der Waals surface area contributed by atoms with E-state index in [0.717, 1.165) is 46.5 Å². The maximum atomic E-state index is 12.2. The second-order valence-corrected chi connectivity index (χ2v) is 7.52. The normalized spacial score (nSPS) is 12.9. The van der Waals surface area contributed by atoms with Gasteiger partial charge < -0.3 is 10.5 Å². The Hall–Kier alpha value is -3.96. The van der Waals surface area contributed by atoms with Crippen molar-refractivity contribution in [2.24, 2.45) is 12.8 Å². The SMILES string of the molecule is Cn1ncc(-c2ccc3c(=O)[nH]nc(CN)c3c2)c1-c1ccc2c(c1C#N)CCCO2. The minimum absolute atomic E-state index is 0.208. The molecule has 2 aromatic heterocycles. The van der Waals surface area contributed by atoms with E-state index in [1.165, 1.54) is 0 Å². The van der Waals surface area contributed by atoms with Crippen molar-refractivity contribution < 1.29 is 4.74 Å². The molecule has 0 saturated heterocycles. The highest BCUT2D eigenvalue weighted by Crippen LogP contribution is 2.39. The molecule has 0 atom stereocenters. The number of ether oxygens (including phenoxy) is 1. The fourth-order valence-electron chi connectivity index (χ4n) is 4.28. The van der Waals surface area contributed by atoms with Crippen LogP contribution in [-0.2, 0) is 20.0 Å². The number of rotatable bonds is 3. The molecule has 1 aliphatic rings. The van der Waals surface area contributed by atoms with Crippen molar-refractivity contribution in [3.8, 4) is 34.2 Å². The van der Waals surface area contributed by atoms with Gasteiger partial charge in [-0.1, -0.05) is 6.07 Å². The number of aromatic nitrogens is 4. The summed E-state index contributed by atoms with van der Waals surface area (Å²) in [6.07, 6.45) is 3.47. The number of hydrogen-bond acceptors (Lipinski definition) is 6. The first kappa shape index (κ1) is 19.0. The van der Waals surface area contributed by atoms with Crippen molar-refractivity contribution in [3.63, 3.8) is 0 Å². The lowest BCUT2D eigenvalue weighted by Gasteiger charge is -2.20. The molecule has 8 nitrogen and oxygen atoms in total. The van der Waals surface area contributed by atoms with Crippen LogP contribution in [0.3, 0.4) is 0 Å². The van der Waals surface area contributed by atoms with E-state index in [4.69, 9.17) is 10.5 Å². The third kappa shape index (κ3) is 2.98. The summed E-state index contributed by atoms with van der Waals surface area (Å²) in [4.78, 5) is 12.2. The molecule has 4 aromatic rings. The van der Waals surface area contributed by atoms with Gasteiger partial charge in [-0.05, 0) is 42.7 Å². The zero-order valence-corrected chi connectivity index (χ0v) is 17.0. The Kier molecular flexibility index (Phi) is 4.53. The number of hydrogen-bond donors (Lipinski definition) is 2. The van der Waals surface area contributed by atoms with Crippen LogP contribution in [-0.4, -0.2) is 26.6 Å². The van der Waals surface area contributed by atoms with Crippen LogP contribution in [0.4, 0.5) is 0 Å². The molecule has 31 heavy (non-hydrogen) atoms. The summed E-state index contributed by atoms with van der Waals surface area (Å²) in [5.41, 5.74) is 11.1. The van der Waals surface area contributed by atoms with Crippen LogP contribution < -0.4 is 16.0 Å². The minimum Gasteiger partial charge on any atom is -0.493 e. The highest BCUT2D eigenvalue weighted by atomic mass is 16.5. The monoisotopic (exact) mass is 412 g/mol. The van der Waals surface area contributed by atoms with Crippen LogP contribution >= 0.6 is 0 Å². The number of nitrogens with one attached hydrogen (secondary N) is 1. The van der Waals surface area contributed by atoms with E-state index in [2.05, 4.69) is 21.4 Å². The summed E-state index contributed by atoms with van der Waals surface area (Å²) in [6, 6.07) is 11.8. The van der Waals surface area contributed by atoms with Gasteiger partial charge in [0.1, 0.15) is 11.8 Å². The number of nitrogens with zero attached hydrogens (tertiary/aromatic N) is 4. The molecule has 8 heteroatoms. The van der Waals surface area contributed by atoms with Crippen molar-refractivity contribution in [2.75, 3.05) is 6.61 Å². The van der Waals surface area contributed by atoms with Crippen molar-refractivity contribution in [1.29, 1.82) is 5.26 Å². The van der Waals surface area contributed by atoms with E-state index in [0.29, 0.717) is 28.6 Å². The molecule has 0 spiro atoms. The molecule has 2 aromatic carbocycles. The van der Waals surface area contributed by atoms with Gasteiger partial charge in [0, 0.05) is 35.7 Å². The first-order valence-corrected chi connectivity index (χ1v) is 10.0. The Bertz CT molecular complexity index is 1430. The maximum Gasteiger partial charge on any atom is 0.272 e. The Labute approximate surface area is 177 Å². The maximum absolute atomic E-state index is 12.2. The van der Waals surface area contributed by atoms with Crippen LogP contribution in [0.25, 0.3) is 33.2 Å². The topological polar surface area (TPSA) is 123 Å². The molecule has 3 N–H and O–H groups in total. The van der Waals surface area contributed by atoms with E-state index in [1.54, 1.807) is 16.9 Å². The standard InChI is InChI=1S/C23H20N6O2/c1-29-22(15-6-7-21-14(18(15)10-24)3-2-8-31-21)19(12-26-29)13-4-5-16-17(9-13)20(11-25)27-28-23(16)30/h4-7,9,12H,2-3,8,11,25H2,1H3,(H,28,30). The molecule has 0 saturated carbocycles. The lowest BCUT2D eigenvalue weighted by atomic mass is 9.91. The molecule has 0 bridgehead atoms. The number of nitrogens with two attached hydrogens (primary N) is 1. The Balaban J connectivity index is 1.74. The van der Waals surface area contributed by atoms with Crippen LogP contribution in [0.15, 0.2) is 41.3 Å². The van der Waals surface area contributed by atoms with Gasteiger partial charge in [-0.25, -0.2) is 5.10 Å². The van der Waals surface area contributed by atoms with Gasteiger partial charge in [0.2, 0.25) is 0 Å². The molecule has 5 rings (SSSR count). The number of benzene rings is 2. The van der Waals surface area contributed by atoms with Gasteiger partial charge in [-0.3, -0.25) is 9.48 Å². The molecular weight excluding hydrogens is 392 g/mol. The van der Waals surface area contributed by atoms with Crippen LogP contribution in [0.2, 0.25) is 0 Å². The molecule has 154 valence electrons. The van der Waals surface area contributed by atoms with Crippen molar-refractivity contribution in [2.45, 2.75) is 19.4 Å². The fourth-order valence-corrected chi connectivity index (χ4v) is 4.28. The number of fused-ring (bicyclic) bond motifs is 2. The number of aryl methyl sites for hydroxylation is 1. The van der Waals surface area contributed by atoms with Crippen molar-refractivity contribution in [1.82, 2.24) is 20.0 Å². The Morgan fingerprint density at radius 3 is 2.94 bits per heavy atom. The molecule has 0 fully saturated rings. The number of H-pyrrole nitrogens is 1. The molecule has 3 heterocycles. The smallest absolute Gasteiger partial charge is 0.272 e. The molecule has 0 amide bonds. The summed E-state index contributed by atoms with van der Waals surface area (Å²) in [7, 11) is 1.86. The highest BCUT2D eigenvalue weighted by molar-refractivity contribution is 5.92. The lowest BCUT2D eigenvalue weighted by molar-refractivity contribution is 0.288. The second kappa shape index (κ2) is 7.38. The highest BCUT2D eigenvalue weighted by Gasteiger charge is 2.23. The second-order valence-electron chi connectivity index (χ2n) is 7.52. The minimum atomic E-state index is -0.258. The summed E-state index contributed by atoms with van der Waals surface area (Å²) < 4.78 is 7.51. The lowest BCUT2D eigenvalue weighted by Crippen LogP contribution is -2.13. The average molecular weight is 412 g/mol. The first-order chi connectivity index (χ1) is 15.1. The summed E-state index contributed by atoms with van der Waals surface area (Å²) in [5.74, 6) is 0.777. The van der Waals surface area contributed by atoms with Crippen molar-refractivity contribution >= 4 is 10.8 Å². The first-order valence-electron chi connectivity index (χ1n) is 10.0. The molecule has 0 radical (unpaired) electrons. The fraction of sp³-hybridized carbons (Fsp3) is 0.217. The van der Waals surface area contributed by atoms with Crippen molar-refractivity contribution in [3.05, 3.63) is 63.7 Å². The Morgan fingerprint density at radius 2 is 2.13 bits per heavy atom. The third-order valence-corrected chi connectivity index (χ3v) is 5.78. The zero-order chi connectivity index (χ0) is 21.5. The van der Waals surface area contributed by atoms with Gasteiger partial charge in [-0.2, -0.15) is 15.5 Å². The summed E-state index contributed by atoms with van der Waals surface area (Å²) in [6.45, 7) is 0.877. The number of nitriles is 1. The molecule has 0 unspecified atom stereocenters. The predicted molar refractivity (Wildman–Crippen MR) is 116 cm³/mol. The van der Waals surface area contributed by atoms with Crippen LogP contribution in [0.5, 0.6) is 5.75 Å². The Morgan fingerprint density at radius 1 is 1.26 bits per heavy atom. The summed E-state index contributed by atoms with van der Waals surface area (Å²) in [5, 5.41) is 22.2. The van der Waals surface area contributed by atoms with Gasteiger partial charge in [0.15, 0.2) is 0 Å². The van der Waals surface area contributed by atoms with E-state index in [1.807, 2.05) is 31.3 Å². The van der Waals surface area contributed by atoms with Crippen LogP contribution in [0, 0.1) is 11.3 Å². The van der Waals surface area contributed by atoms with Gasteiger partial charge >= 0.3 is 0 Å². The van der Waals surface area contributed by atoms with Gasteiger partial charge in [0.05, 0.1) is 35.1 Å². The van der Waals surface area contributed by atoms with E-state index >= 15 is 0 Å². The third-order valence-electron chi connectivity index (χ3n) is 5.78. The largest absolute Gasteiger partial charge is 0.493 e. The van der Waals surface area contributed by atoms with Gasteiger partial charge in [-0.15, -0.1) is 0 Å². The van der Waals surface area contributed by atoms with E-state index in [9.17, 15) is 10.1 Å². The predicted octanol–water partition coefficient (Wildman–Crippen LogP) is 2.65. The molecule has 0 aliphatic carbocycles. The quantitative estimate of drug-likeness (QED) is 0.533. The average Bonchev–Trinajstić information content (AvgIpc) is 3.19. The van der Waals surface area contributed by atoms with E-state index < -0.39 is 0 Å². The van der Waals surface area contributed by atoms with Crippen LogP contribution in [0.1, 0.15) is 23.2 Å². The van der Waals surface area contributed by atoms with Gasteiger partial charge in [0.25, 0.3) is 5.56 Å². The summed E-state index contributed by atoms with van der Waals surface area (Å²) >= 11 is 0. The number of aromatic amines is 1.